The molecule has 0 heterocycles. The van der Waals surface area contributed by atoms with Crippen molar-refractivity contribution >= 4 is 23.5 Å². The third kappa shape index (κ3) is 6.63. The lowest BCUT2D eigenvalue weighted by Crippen LogP contribution is -2.17. The Kier molecular flexibility index (Phi) is 6.68. The third-order valence-electron chi connectivity index (χ3n) is 1.36. The molecule has 76 valence electrons. The molecule has 0 aliphatic carbocycles. The Morgan fingerprint density at radius 1 is 1.46 bits per heavy atom. The lowest BCUT2D eigenvalue weighted by molar-refractivity contribution is -0.146. The molecule has 4 heteroatoms. The first-order chi connectivity index (χ1) is 6.07. The highest BCUT2D eigenvalue weighted by molar-refractivity contribution is 7.99. The van der Waals surface area contributed by atoms with Crippen LogP contribution in [-0.4, -0.2) is 29.9 Å². The lowest BCUT2D eigenvalue weighted by atomic mass is 10.2. The SMILES string of the molecule is CCOC(=O)C(C)CSCC(C)=O. The molecule has 0 aromatic rings. The fourth-order valence-electron chi connectivity index (χ4n) is 0.732. The van der Waals surface area contributed by atoms with Crippen molar-refractivity contribution < 1.29 is 14.3 Å². The maximum absolute atomic E-state index is 11.1. The van der Waals surface area contributed by atoms with E-state index >= 15 is 0 Å². The minimum absolute atomic E-state index is 0.121. The number of thioether (sulfide) groups is 1. The first kappa shape index (κ1) is 12.5. The normalized spacial score (nSPS) is 12.2. The highest BCUT2D eigenvalue weighted by Gasteiger charge is 2.13. The number of ketones is 1. The second kappa shape index (κ2) is 6.95. The van der Waals surface area contributed by atoms with Crippen molar-refractivity contribution in [2.45, 2.75) is 20.8 Å². The van der Waals surface area contributed by atoms with Crippen LogP contribution in [0.1, 0.15) is 20.8 Å². The molecular formula is C9H16O3S. The summed E-state index contributed by atoms with van der Waals surface area (Å²) in [7, 11) is 0. The topological polar surface area (TPSA) is 43.4 Å². The van der Waals surface area contributed by atoms with E-state index in [1.807, 2.05) is 6.92 Å². The molecule has 0 N–H and O–H groups in total. The molecule has 1 unspecified atom stereocenters. The highest BCUT2D eigenvalue weighted by atomic mass is 32.2. The van der Waals surface area contributed by atoms with Crippen LogP contribution >= 0.6 is 11.8 Å². The Hall–Kier alpha value is -0.510. The molecule has 0 rings (SSSR count). The van der Waals surface area contributed by atoms with Crippen molar-refractivity contribution in [3.05, 3.63) is 0 Å². The van der Waals surface area contributed by atoms with Gasteiger partial charge in [-0.1, -0.05) is 6.92 Å². The van der Waals surface area contributed by atoms with Crippen LogP contribution in [-0.2, 0) is 14.3 Å². The van der Waals surface area contributed by atoms with E-state index in [4.69, 9.17) is 4.74 Å². The van der Waals surface area contributed by atoms with E-state index in [1.54, 1.807) is 13.8 Å². The molecule has 1 atom stereocenters. The van der Waals surface area contributed by atoms with E-state index < -0.39 is 0 Å². The number of Topliss-reactive ketones (excluding diaryl/α,β-unsaturated/α-hetero) is 1. The minimum atomic E-state index is -0.182. The molecule has 0 saturated carbocycles. The first-order valence-corrected chi connectivity index (χ1v) is 5.47. The minimum Gasteiger partial charge on any atom is -0.466 e. The van der Waals surface area contributed by atoms with Crippen molar-refractivity contribution in [3.8, 4) is 0 Å². The summed E-state index contributed by atoms with van der Waals surface area (Å²) in [6, 6.07) is 0. The second-order valence-electron chi connectivity index (χ2n) is 2.87. The molecule has 0 aliphatic heterocycles. The molecule has 0 amide bonds. The van der Waals surface area contributed by atoms with Gasteiger partial charge in [0, 0.05) is 5.75 Å². The predicted molar refractivity (Wildman–Crippen MR) is 53.8 cm³/mol. The molecule has 0 fully saturated rings. The van der Waals surface area contributed by atoms with Crippen LogP contribution in [0.25, 0.3) is 0 Å². The van der Waals surface area contributed by atoms with E-state index in [2.05, 4.69) is 0 Å². The number of esters is 1. The number of carbonyl (C=O) groups excluding carboxylic acids is 2. The van der Waals surface area contributed by atoms with Gasteiger partial charge >= 0.3 is 5.97 Å². The predicted octanol–water partition coefficient (Wildman–Crippen LogP) is 1.51. The summed E-state index contributed by atoms with van der Waals surface area (Å²) in [5.41, 5.74) is 0. The van der Waals surface area contributed by atoms with E-state index in [9.17, 15) is 9.59 Å². The molecule has 0 aromatic carbocycles. The first-order valence-electron chi connectivity index (χ1n) is 4.31. The van der Waals surface area contributed by atoms with Crippen molar-refractivity contribution in [2.75, 3.05) is 18.1 Å². The largest absolute Gasteiger partial charge is 0.466 e. The Labute approximate surface area is 83.2 Å². The standard InChI is InChI=1S/C9H16O3S/c1-4-12-9(11)7(2)5-13-6-8(3)10/h7H,4-6H2,1-3H3. The van der Waals surface area contributed by atoms with E-state index in [0.717, 1.165) is 0 Å². The van der Waals surface area contributed by atoms with Crippen molar-refractivity contribution in [3.63, 3.8) is 0 Å². The van der Waals surface area contributed by atoms with Gasteiger partial charge in [-0.05, 0) is 13.8 Å². The van der Waals surface area contributed by atoms with Gasteiger partial charge in [0.2, 0.25) is 0 Å². The number of hydrogen-bond donors (Lipinski definition) is 0. The number of hydrogen-bond acceptors (Lipinski definition) is 4. The number of ether oxygens (including phenoxy) is 1. The van der Waals surface area contributed by atoms with Gasteiger partial charge in [0.1, 0.15) is 5.78 Å². The van der Waals surface area contributed by atoms with E-state index in [-0.39, 0.29) is 17.7 Å². The zero-order chi connectivity index (χ0) is 10.3. The quantitative estimate of drug-likeness (QED) is 0.615. The van der Waals surface area contributed by atoms with E-state index in [0.29, 0.717) is 18.1 Å². The second-order valence-corrected chi connectivity index (χ2v) is 3.90. The van der Waals surface area contributed by atoms with Crippen LogP contribution in [0.5, 0.6) is 0 Å². The van der Waals surface area contributed by atoms with Gasteiger partial charge < -0.3 is 4.74 Å². The van der Waals surface area contributed by atoms with Crippen LogP contribution in [0.3, 0.4) is 0 Å². The Morgan fingerprint density at radius 3 is 2.54 bits per heavy atom. The van der Waals surface area contributed by atoms with Crippen molar-refractivity contribution in [2.24, 2.45) is 5.92 Å². The van der Waals surface area contributed by atoms with Gasteiger partial charge in [-0.2, -0.15) is 11.8 Å². The molecule has 0 saturated heterocycles. The summed E-state index contributed by atoms with van der Waals surface area (Å²) in [4.78, 5) is 21.7. The van der Waals surface area contributed by atoms with Gasteiger partial charge in [0.25, 0.3) is 0 Å². The molecular weight excluding hydrogens is 188 g/mol. The van der Waals surface area contributed by atoms with Gasteiger partial charge in [-0.25, -0.2) is 0 Å². The van der Waals surface area contributed by atoms with Gasteiger partial charge in [0.05, 0.1) is 18.3 Å². The maximum Gasteiger partial charge on any atom is 0.309 e. The van der Waals surface area contributed by atoms with E-state index in [1.165, 1.54) is 11.8 Å². The van der Waals surface area contributed by atoms with Crippen molar-refractivity contribution in [1.29, 1.82) is 0 Å². The van der Waals surface area contributed by atoms with Gasteiger partial charge in [0.15, 0.2) is 0 Å². The smallest absolute Gasteiger partial charge is 0.309 e. The van der Waals surface area contributed by atoms with Crippen LogP contribution in [0.2, 0.25) is 0 Å². The van der Waals surface area contributed by atoms with Gasteiger partial charge in [-0.15, -0.1) is 0 Å². The molecule has 0 bridgehead atoms. The Bertz CT molecular complexity index is 180. The summed E-state index contributed by atoms with van der Waals surface area (Å²) >= 11 is 1.47. The average Bonchev–Trinajstić information content (AvgIpc) is 2.04. The molecule has 0 aromatic heterocycles. The molecule has 0 spiro atoms. The van der Waals surface area contributed by atoms with Crippen molar-refractivity contribution in [1.82, 2.24) is 0 Å². The fraction of sp³-hybridized carbons (Fsp3) is 0.778. The van der Waals surface area contributed by atoms with Crippen LogP contribution in [0.4, 0.5) is 0 Å². The molecule has 3 nitrogen and oxygen atoms in total. The monoisotopic (exact) mass is 204 g/mol. The highest BCUT2D eigenvalue weighted by Crippen LogP contribution is 2.09. The maximum atomic E-state index is 11.1. The summed E-state index contributed by atoms with van der Waals surface area (Å²) in [6.45, 7) is 5.56. The molecule has 0 radical (unpaired) electrons. The summed E-state index contributed by atoms with van der Waals surface area (Å²) in [5, 5.41) is 0. The van der Waals surface area contributed by atoms with Crippen LogP contribution < -0.4 is 0 Å². The van der Waals surface area contributed by atoms with Crippen LogP contribution in [0.15, 0.2) is 0 Å². The molecule has 0 aliphatic rings. The zero-order valence-electron chi connectivity index (χ0n) is 8.33. The summed E-state index contributed by atoms with van der Waals surface area (Å²) in [5.74, 6) is 0.964. The number of carbonyl (C=O) groups is 2. The van der Waals surface area contributed by atoms with Gasteiger partial charge in [-0.3, -0.25) is 9.59 Å². The summed E-state index contributed by atoms with van der Waals surface area (Å²) < 4.78 is 4.82. The summed E-state index contributed by atoms with van der Waals surface area (Å²) in [6.07, 6.45) is 0. The van der Waals surface area contributed by atoms with Crippen LogP contribution in [0, 0.1) is 5.92 Å². The third-order valence-corrected chi connectivity index (χ3v) is 2.71. The fourth-order valence-corrected chi connectivity index (χ4v) is 1.63. The average molecular weight is 204 g/mol. The zero-order valence-corrected chi connectivity index (χ0v) is 9.15. The Morgan fingerprint density at radius 2 is 2.08 bits per heavy atom. The Balaban J connectivity index is 3.55. The molecule has 13 heavy (non-hydrogen) atoms. The lowest BCUT2D eigenvalue weighted by Gasteiger charge is -2.08. The number of rotatable bonds is 6.